The standard InChI is InChI=1S/C13H26N2/c1-11(2)13-4-3-9-15(13)10-12-5-7-14-8-6-12/h11-14H,3-10H2,1-2H3. The predicted molar refractivity (Wildman–Crippen MR) is 65.0 cm³/mol. The third-order valence-corrected chi connectivity index (χ3v) is 4.14. The Kier molecular flexibility index (Phi) is 4.04. The van der Waals surface area contributed by atoms with Crippen molar-refractivity contribution in [2.24, 2.45) is 11.8 Å². The van der Waals surface area contributed by atoms with Crippen molar-refractivity contribution in [3.05, 3.63) is 0 Å². The number of piperidine rings is 1. The normalized spacial score (nSPS) is 30.2. The van der Waals surface area contributed by atoms with Crippen molar-refractivity contribution in [1.29, 1.82) is 0 Å². The van der Waals surface area contributed by atoms with Gasteiger partial charge < -0.3 is 5.32 Å². The van der Waals surface area contributed by atoms with Crippen molar-refractivity contribution in [3.63, 3.8) is 0 Å². The van der Waals surface area contributed by atoms with Crippen LogP contribution in [0, 0.1) is 11.8 Å². The zero-order valence-corrected chi connectivity index (χ0v) is 10.3. The van der Waals surface area contributed by atoms with Crippen LogP contribution in [0.15, 0.2) is 0 Å². The molecule has 2 heterocycles. The van der Waals surface area contributed by atoms with Crippen molar-refractivity contribution >= 4 is 0 Å². The van der Waals surface area contributed by atoms with Gasteiger partial charge in [-0.15, -0.1) is 0 Å². The Morgan fingerprint density at radius 2 is 1.93 bits per heavy atom. The largest absolute Gasteiger partial charge is 0.317 e. The third kappa shape index (κ3) is 2.94. The highest BCUT2D eigenvalue weighted by molar-refractivity contribution is 4.84. The van der Waals surface area contributed by atoms with E-state index in [4.69, 9.17) is 0 Å². The summed E-state index contributed by atoms with van der Waals surface area (Å²) in [7, 11) is 0. The van der Waals surface area contributed by atoms with Crippen LogP contribution >= 0.6 is 0 Å². The van der Waals surface area contributed by atoms with Gasteiger partial charge in [-0.1, -0.05) is 13.8 Å². The van der Waals surface area contributed by atoms with E-state index in [1.807, 2.05) is 0 Å². The number of hydrogen-bond donors (Lipinski definition) is 1. The molecule has 1 unspecified atom stereocenters. The summed E-state index contributed by atoms with van der Waals surface area (Å²) < 4.78 is 0. The highest BCUT2D eigenvalue weighted by Gasteiger charge is 2.28. The topological polar surface area (TPSA) is 15.3 Å². The molecule has 1 atom stereocenters. The molecule has 0 bridgehead atoms. The summed E-state index contributed by atoms with van der Waals surface area (Å²) in [6, 6.07) is 0.875. The van der Waals surface area contributed by atoms with Crippen LogP contribution in [0.4, 0.5) is 0 Å². The van der Waals surface area contributed by atoms with Gasteiger partial charge in [-0.05, 0) is 57.2 Å². The zero-order valence-electron chi connectivity index (χ0n) is 10.3. The van der Waals surface area contributed by atoms with E-state index in [0.717, 1.165) is 17.9 Å². The molecule has 0 aromatic carbocycles. The second kappa shape index (κ2) is 5.31. The minimum atomic E-state index is 0.842. The molecule has 0 saturated carbocycles. The molecule has 0 aliphatic carbocycles. The first-order valence-electron chi connectivity index (χ1n) is 6.72. The van der Waals surface area contributed by atoms with Gasteiger partial charge in [-0.25, -0.2) is 0 Å². The first kappa shape index (κ1) is 11.4. The smallest absolute Gasteiger partial charge is 0.0119 e. The molecule has 2 heteroatoms. The van der Waals surface area contributed by atoms with Crippen LogP contribution in [-0.4, -0.2) is 37.1 Å². The van der Waals surface area contributed by atoms with Gasteiger partial charge in [0.25, 0.3) is 0 Å². The lowest BCUT2D eigenvalue weighted by Crippen LogP contribution is -2.40. The Bertz CT molecular complexity index is 185. The number of hydrogen-bond acceptors (Lipinski definition) is 2. The fourth-order valence-corrected chi connectivity index (χ4v) is 3.23. The lowest BCUT2D eigenvalue weighted by atomic mass is 9.95. The quantitative estimate of drug-likeness (QED) is 0.767. The molecule has 1 N–H and O–H groups in total. The Hall–Kier alpha value is -0.0800. The lowest BCUT2D eigenvalue weighted by Gasteiger charge is -2.32. The zero-order chi connectivity index (χ0) is 10.7. The van der Waals surface area contributed by atoms with Crippen LogP contribution < -0.4 is 5.32 Å². The minimum Gasteiger partial charge on any atom is -0.317 e. The first-order valence-corrected chi connectivity index (χ1v) is 6.72. The number of nitrogens with zero attached hydrogens (tertiary/aromatic N) is 1. The molecular weight excluding hydrogens is 184 g/mol. The number of likely N-dealkylation sites (tertiary alicyclic amines) is 1. The van der Waals surface area contributed by atoms with Crippen LogP contribution in [-0.2, 0) is 0 Å². The SMILES string of the molecule is CC(C)C1CCCN1CC1CCNCC1. The maximum atomic E-state index is 3.46. The second-order valence-corrected chi connectivity index (χ2v) is 5.64. The van der Waals surface area contributed by atoms with E-state index in [1.54, 1.807) is 0 Å². The van der Waals surface area contributed by atoms with Crippen molar-refractivity contribution < 1.29 is 0 Å². The summed E-state index contributed by atoms with van der Waals surface area (Å²) in [6.45, 7) is 9.96. The van der Waals surface area contributed by atoms with Crippen LogP contribution in [0.2, 0.25) is 0 Å². The fourth-order valence-electron chi connectivity index (χ4n) is 3.23. The molecule has 2 rings (SSSR count). The maximum absolute atomic E-state index is 3.46. The fraction of sp³-hybridized carbons (Fsp3) is 1.00. The number of rotatable bonds is 3. The third-order valence-electron chi connectivity index (χ3n) is 4.14. The van der Waals surface area contributed by atoms with Crippen molar-refractivity contribution in [2.45, 2.75) is 45.6 Å². The van der Waals surface area contributed by atoms with Gasteiger partial charge in [0.05, 0.1) is 0 Å². The van der Waals surface area contributed by atoms with Crippen molar-refractivity contribution in [2.75, 3.05) is 26.2 Å². The van der Waals surface area contributed by atoms with Gasteiger partial charge >= 0.3 is 0 Å². The molecule has 0 aromatic rings. The van der Waals surface area contributed by atoms with Crippen LogP contribution in [0.25, 0.3) is 0 Å². The average Bonchev–Trinajstić information content (AvgIpc) is 2.67. The molecule has 0 aromatic heterocycles. The van der Waals surface area contributed by atoms with Gasteiger partial charge in [0, 0.05) is 12.6 Å². The van der Waals surface area contributed by atoms with Crippen molar-refractivity contribution in [3.8, 4) is 0 Å². The monoisotopic (exact) mass is 210 g/mol. The average molecular weight is 210 g/mol. The van der Waals surface area contributed by atoms with Gasteiger partial charge in [-0.3, -0.25) is 4.90 Å². The van der Waals surface area contributed by atoms with Gasteiger partial charge in [0.1, 0.15) is 0 Å². The van der Waals surface area contributed by atoms with Gasteiger partial charge in [0.15, 0.2) is 0 Å². The Balaban J connectivity index is 1.81. The molecule has 2 fully saturated rings. The molecule has 0 amide bonds. The van der Waals surface area contributed by atoms with Gasteiger partial charge in [-0.2, -0.15) is 0 Å². The Labute approximate surface area is 94.4 Å². The summed E-state index contributed by atoms with van der Waals surface area (Å²) in [6.07, 6.45) is 5.64. The van der Waals surface area contributed by atoms with E-state index in [9.17, 15) is 0 Å². The molecule has 2 saturated heterocycles. The van der Waals surface area contributed by atoms with Crippen LogP contribution in [0.5, 0.6) is 0 Å². The minimum absolute atomic E-state index is 0.842. The molecule has 0 spiro atoms. The molecule has 15 heavy (non-hydrogen) atoms. The number of nitrogens with one attached hydrogen (secondary N) is 1. The summed E-state index contributed by atoms with van der Waals surface area (Å²) in [5, 5.41) is 3.46. The van der Waals surface area contributed by atoms with E-state index in [0.29, 0.717) is 0 Å². The second-order valence-electron chi connectivity index (χ2n) is 5.64. The molecule has 0 radical (unpaired) electrons. The van der Waals surface area contributed by atoms with E-state index >= 15 is 0 Å². The molecule has 2 nitrogen and oxygen atoms in total. The van der Waals surface area contributed by atoms with E-state index in [1.165, 1.54) is 51.9 Å². The molecule has 2 aliphatic heterocycles. The molecule has 2 aliphatic rings. The summed E-state index contributed by atoms with van der Waals surface area (Å²) in [5.74, 6) is 1.81. The summed E-state index contributed by atoms with van der Waals surface area (Å²) >= 11 is 0. The highest BCUT2D eigenvalue weighted by Crippen LogP contribution is 2.26. The molecular formula is C13H26N2. The Morgan fingerprint density at radius 1 is 1.20 bits per heavy atom. The lowest BCUT2D eigenvalue weighted by molar-refractivity contribution is 0.162. The first-order chi connectivity index (χ1) is 7.27. The highest BCUT2D eigenvalue weighted by atomic mass is 15.2. The van der Waals surface area contributed by atoms with E-state index < -0.39 is 0 Å². The maximum Gasteiger partial charge on any atom is 0.0119 e. The Morgan fingerprint density at radius 3 is 2.60 bits per heavy atom. The van der Waals surface area contributed by atoms with E-state index in [2.05, 4.69) is 24.1 Å². The molecule has 88 valence electrons. The van der Waals surface area contributed by atoms with E-state index in [-0.39, 0.29) is 0 Å². The van der Waals surface area contributed by atoms with Crippen molar-refractivity contribution in [1.82, 2.24) is 10.2 Å². The summed E-state index contributed by atoms with van der Waals surface area (Å²) in [4.78, 5) is 2.76. The van der Waals surface area contributed by atoms with Gasteiger partial charge in [0.2, 0.25) is 0 Å². The van der Waals surface area contributed by atoms with Crippen LogP contribution in [0.1, 0.15) is 39.5 Å². The summed E-state index contributed by atoms with van der Waals surface area (Å²) in [5.41, 5.74) is 0. The predicted octanol–water partition coefficient (Wildman–Crippen LogP) is 2.11. The van der Waals surface area contributed by atoms with Crippen LogP contribution in [0.3, 0.4) is 0 Å².